The fraction of sp³-hybridized carbons (Fsp3) is 0.579. The highest BCUT2D eigenvalue weighted by Gasteiger charge is 2.32. The third-order valence-corrected chi connectivity index (χ3v) is 6.07. The number of piperidine rings is 2. The van der Waals surface area contributed by atoms with Gasteiger partial charge in [-0.15, -0.1) is 0 Å². The molecule has 0 saturated carbocycles. The Balaban J connectivity index is 1.59. The number of amides is 2. The number of rotatable bonds is 2. The van der Waals surface area contributed by atoms with Crippen LogP contribution in [0.4, 0.5) is 4.39 Å². The lowest BCUT2D eigenvalue weighted by molar-refractivity contribution is -0.138. The number of benzene rings is 1. The molecule has 0 unspecified atom stereocenters. The van der Waals surface area contributed by atoms with Crippen LogP contribution in [0.15, 0.2) is 12.1 Å². The van der Waals surface area contributed by atoms with E-state index in [1.54, 1.807) is 4.90 Å². The number of nitrogens with zero attached hydrogens (tertiary/aromatic N) is 2. The van der Waals surface area contributed by atoms with Crippen molar-refractivity contribution < 1.29 is 14.0 Å². The fourth-order valence-corrected chi connectivity index (χ4v) is 4.14. The minimum absolute atomic E-state index is 0.0371. The second-order valence-electron chi connectivity index (χ2n) is 7.32. The number of hydrogen-bond acceptors (Lipinski definition) is 2. The monoisotopic (exact) mass is 400 g/mol. The summed E-state index contributed by atoms with van der Waals surface area (Å²) in [6.07, 6.45) is 3.38. The van der Waals surface area contributed by atoms with E-state index in [-0.39, 0.29) is 33.3 Å². The van der Waals surface area contributed by atoms with Crippen LogP contribution in [0, 0.1) is 17.7 Å². The van der Waals surface area contributed by atoms with Crippen molar-refractivity contribution in [3.63, 3.8) is 0 Å². The van der Waals surface area contributed by atoms with Crippen LogP contribution in [0.5, 0.6) is 0 Å². The Hall–Kier alpha value is -1.33. The molecule has 0 atom stereocenters. The molecule has 7 heteroatoms. The van der Waals surface area contributed by atoms with E-state index in [1.807, 2.05) is 4.90 Å². The van der Waals surface area contributed by atoms with Gasteiger partial charge in [-0.1, -0.05) is 30.1 Å². The molecule has 0 radical (unpaired) electrons. The minimum Gasteiger partial charge on any atom is -0.342 e. The van der Waals surface area contributed by atoms with E-state index in [0.29, 0.717) is 31.8 Å². The van der Waals surface area contributed by atoms with E-state index >= 15 is 0 Å². The zero-order valence-electron chi connectivity index (χ0n) is 14.8. The van der Waals surface area contributed by atoms with Crippen molar-refractivity contribution in [1.82, 2.24) is 9.80 Å². The van der Waals surface area contributed by atoms with E-state index in [1.165, 1.54) is 6.07 Å². The molecule has 2 aliphatic heterocycles. The van der Waals surface area contributed by atoms with Crippen molar-refractivity contribution in [3.05, 3.63) is 33.6 Å². The van der Waals surface area contributed by atoms with Crippen molar-refractivity contribution in [3.8, 4) is 0 Å². The molecular weight excluding hydrogens is 378 g/mol. The molecule has 3 rings (SSSR count). The Morgan fingerprint density at radius 3 is 2.15 bits per heavy atom. The second-order valence-corrected chi connectivity index (χ2v) is 8.13. The van der Waals surface area contributed by atoms with Crippen LogP contribution in [0.1, 0.15) is 43.0 Å². The Morgan fingerprint density at radius 2 is 1.54 bits per heavy atom. The zero-order valence-corrected chi connectivity index (χ0v) is 16.3. The maximum atomic E-state index is 13.7. The quantitative estimate of drug-likeness (QED) is 0.696. The molecule has 2 fully saturated rings. The number of hydrogen-bond donors (Lipinski definition) is 0. The largest absolute Gasteiger partial charge is 0.342 e. The SMILES string of the molecule is CC1CCN(C(=O)C2CCN(C(=O)c3cc(F)c(Cl)cc3Cl)CC2)CC1. The molecule has 2 saturated heterocycles. The predicted molar refractivity (Wildman–Crippen MR) is 100 cm³/mol. The average Bonchev–Trinajstić information content (AvgIpc) is 2.64. The normalized spacial score (nSPS) is 19.7. The van der Waals surface area contributed by atoms with E-state index in [2.05, 4.69) is 6.92 Å². The van der Waals surface area contributed by atoms with Gasteiger partial charge in [-0.2, -0.15) is 0 Å². The van der Waals surface area contributed by atoms with Gasteiger partial charge in [-0.25, -0.2) is 4.39 Å². The van der Waals surface area contributed by atoms with Crippen LogP contribution in [-0.4, -0.2) is 47.8 Å². The topological polar surface area (TPSA) is 40.6 Å². The molecule has 26 heavy (non-hydrogen) atoms. The summed E-state index contributed by atoms with van der Waals surface area (Å²) in [6.45, 7) is 4.83. The molecule has 142 valence electrons. The van der Waals surface area contributed by atoms with Crippen LogP contribution in [-0.2, 0) is 4.79 Å². The van der Waals surface area contributed by atoms with Gasteiger partial charge in [0.1, 0.15) is 5.82 Å². The molecule has 0 bridgehead atoms. The Bertz CT molecular complexity index is 697. The van der Waals surface area contributed by atoms with Gasteiger partial charge in [0.2, 0.25) is 5.91 Å². The van der Waals surface area contributed by atoms with Crippen molar-refractivity contribution in [2.45, 2.75) is 32.6 Å². The average molecular weight is 401 g/mol. The van der Waals surface area contributed by atoms with Crippen LogP contribution < -0.4 is 0 Å². The first-order valence-corrected chi connectivity index (χ1v) is 9.85. The van der Waals surface area contributed by atoms with Crippen LogP contribution >= 0.6 is 23.2 Å². The van der Waals surface area contributed by atoms with E-state index in [9.17, 15) is 14.0 Å². The first-order chi connectivity index (χ1) is 12.4. The molecule has 0 aliphatic carbocycles. The van der Waals surface area contributed by atoms with Crippen molar-refractivity contribution in [2.24, 2.45) is 11.8 Å². The van der Waals surface area contributed by atoms with Gasteiger partial charge in [0.15, 0.2) is 0 Å². The first kappa shape index (κ1) is 19.4. The standard InChI is InChI=1S/C19H23Cl2FN2O2/c1-12-2-6-23(7-3-12)18(25)13-4-8-24(9-5-13)19(26)14-10-17(22)16(21)11-15(14)20/h10-13H,2-9H2,1H3. The third-order valence-electron chi connectivity index (χ3n) is 5.47. The smallest absolute Gasteiger partial charge is 0.255 e. The number of halogens is 3. The fourth-order valence-electron chi connectivity index (χ4n) is 3.67. The molecule has 1 aromatic rings. The second kappa shape index (κ2) is 8.13. The predicted octanol–water partition coefficient (Wildman–Crippen LogP) is 4.24. The Kier molecular flexibility index (Phi) is 6.08. The lowest BCUT2D eigenvalue weighted by Crippen LogP contribution is -2.46. The molecule has 0 aromatic heterocycles. The van der Waals surface area contributed by atoms with Gasteiger partial charge < -0.3 is 9.80 Å². The highest BCUT2D eigenvalue weighted by atomic mass is 35.5. The van der Waals surface area contributed by atoms with Crippen molar-refractivity contribution in [2.75, 3.05) is 26.2 Å². The van der Waals surface area contributed by atoms with Crippen LogP contribution in [0.2, 0.25) is 10.0 Å². The lowest BCUT2D eigenvalue weighted by Gasteiger charge is -2.36. The molecule has 2 amide bonds. The summed E-state index contributed by atoms with van der Waals surface area (Å²) in [5.41, 5.74) is 0.114. The zero-order chi connectivity index (χ0) is 18.8. The summed E-state index contributed by atoms with van der Waals surface area (Å²) in [4.78, 5) is 28.9. The lowest BCUT2D eigenvalue weighted by atomic mass is 9.92. The number of carbonyl (C=O) groups is 2. The highest BCUT2D eigenvalue weighted by molar-refractivity contribution is 6.36. The van der Waals surface area contributed by atoms with Gasteiger partial charge >= 0.3 is 0 Å². The van der Waals surface area contributed by atoms with E-state index in [4.69, 9.17) is 23.2 Å². The molecule has 0 spiro atoms. The molecule has 1 aromatic carbocycles. The van der Waals surface area contributed by atoms with Crippen molar-refractivity contribution >= 4 is 35.0 Å². The molecule has 2 aliphatic rings. The Labute approximate surface area is 163 Å². The number of likely N-dealkylation sites (tertiary alicyclic amines) is 2. The summed E-state index contributed by atoms with van der Waals surface area (Å²) in [5.74, 6) is -0.125. The van der Waals surface area contributed by atoms with Crippen molar-refractivity contribution in [1.29, 1.82) is 0 Å². The highest BCUT2D eigenvalue weighted by Crippen LogP contribution is 2.28. The molecule has 4 nitrogen and oxygen atoms in total. The summed E-state index contributed by atoms with van der Waals surface area (Å²) in [7, 11) is 0. The third kappa shape index (κ3) is 4.15. The Morgan fingerprint density at radius 1 is 0.962 bits per heavy atom. The summed E-state index contributed by atoms with van der Waals surface area (Å²) < 4.78 is 13.7. The van der Waals surface area contributed by atoms with Gasteiger partial charge in [-0.3, -0.25) is 9.59 Å². The maximum absolute atomic E-state index is 13.7. The van der Waals surface area contributed by atoms with E-state index < -0.39 is 5.82 Å². The number of carbonyl (C=O) groups excluding carboxylic acids is 2. The summed E-state index contributed by atoms with van der Waals surface area (Å²) in [5, 5.41) is 0.0359. The van der Waals surface area contributed by atoms with Gasteiger partial charge in [0, 0.05) is 32.1 Å². The minimum atomic E-state index is -0.663. The maximum Gasteiger partial charge on any atom is 0.255 e. The van der Waals surface area contributed by atoms with Crippen LogP contribution in [0.3, 0.4) is 0 Å². The molecular formula is C19H23Cl2FN2O2. The van der Waals surface area contributed by atoms with Gasteiger partial charge in [-0.05, 0) is 43.7 Å². The van der Waals surface area contributed by atoms with Gasteiger partial charge in [0.05, 0.1) is 15.6 Å². The summed E-state index contributed by atoms with van der Waals surface area (Å²) >= 11 is 11.7. The molecule has 2 heterocycles. The van der Waals surface area contributed by atoms with Crippen LogP contribution in [0.25, 0.3) is 0 Å². The van der Waals surface area contributed by atoms with E-state index in [0.717, 1.165) is 32.0 Å². The molecule has 0 N–H and O–H groups in total. The van der Waals surface area contributed by atoms with Gasteiger partial charge in [0.25, 0.3) is 5.91 Å². The first-order valence-electron chi connectivity index (χ1n) is 9.09. The summed E-state index contributed by atoms with van der Waals surface area (Å²) in [6, 6.07) is 2.33.